The number of phenolic OH excluding ortho intramolecular Hbond substituents is 1. The summed E-state index contributed by atoms with van der Waals surface area (Å²) in [6.45, 7) is 11.5. The molecule has 0 radical (unpaired) electrons. The Morgan fingerprint density at radius 2 is 1.36 bits per heavy atom. The van der Waals surface area contributed by atoms with Crippen LogP contribution >= 0.6 is 0 Å². The molecule has 0 heterocycles. The Labute approximate surface area is 267 Å². The molecule has 4 aromatic carbocycles. The van der Waals surface area contributed by atoms with Crippen LogP contribution in [0, 0.1) is 20.8 Å². The average molecular weight is 631 g/mol. The Morgan fingerprint density at radius 1 is 0.822 bits per heavy atom. The Kier molecular flexibility index (Phi) is 9.80. The summed E-state index contributed by atoms with van der Waals surface area (Å²) in [6, 6.07) is 23.2. The number of aliphatic carboxylic acids is 1. The number of benzene rings is 4. The number of hydrogen-bond donors (Lipinski definition) is 2. The van der Waals surface area contributed by atoms with Gasteiger partial charge < -0.3 is 19.4 Å². The van der Waals surface area contributed by atoms with Crippen molar-refractivity contribution in [2.24, 2.45) is 0 Å². The first-order chi connectivity index (χ1) is 21.0. The van der Waals surface area contributed by atoms with E-state index in [1.54, 1.807) is 54.6 Å². The number of phenols is 1. The number of ether oxygens (including phenoxy) is 1. The molecule has 0 atom stereocenters. The molecule has 0 fully saturated rings. The van der Waals surface area contributed by atoms with Crippen LogP contribution in [-0.4, -0.2) is 49.7 Å². The van der Waals surface area contributed by atoms with Gasteiger partial charge in [-0.2, -0.15) is 0 Å². The van der Waals surface area contributed by atoms with Crippen molar-refractivity contribution in [1.82, 2.24) is 0 Å². The molecule has 4 aromatic rings. The van der Waals surface area contributed by atoms with E-state index in [1.807, 2.05) is 26.8 Å². The van der Waals surface area contributed by atoms with E-state index < -0.39 is 21.2 Å². The van der Waals surface area contributed by atoms with Crippen molar-refractivity contribution in [3.8, 4) is 17.2 Å². The molecule has 0 saturated carbocycles. The van der Waals surface area contributed by atoms with Crippen molar-refractivity contribution in [3.05, 3.63) is 112 Å². The molecule has 8 heteroatoms. The van der Waals surface area contributed by atoms with Gasteiger partial charge >= 0.3 is 5.97 Å². The third-order valence-corrected chi connectivity index (χ3v) is 10.2. The summed E-state index contributed by atoms with van der Waals surface area (Å²) >= 11 is 0. The lowest BCUT2D eigenvalue weighted by Gasteiger charge is -2.32. The quantitative estimate of drug-likeness (QED) is 0.156. The Hall–Kier alpha value is -4.14. The first-order valence-electron chi connectivity index (χ1n) is 15.1. The fraction of sp³-hybridized carbons (Fsp3) is 0.324. The van der Waals surface area contributed by atoms with E-state index in [4.69, 9.17) is 9.84 Å². The molecule has 238 valence electrons. The number of carboxylic acid groups (broad SMARTS) is 1. The van der Waals surface area contributed by atoms with Crippen molar-refractivity contribution < 1.29 is 32.6 Å². The second-order valence-corrected chi connectivity index (χ2v) is 15.0. The topological polar surface area (TPSA) is 101 Å². The minimum Gasteiger partial charge on any atom is -0.507 e. The minimum atomic E-state index is -3.61. The maximum atomic E-state index is 13.0. The fourth-order valence-electron chi connectivity index (χ4n) is 5.71. The van der Waals surface area contributed by atoms with Crippen LogP contribution in [0.4, 0.5) is 0 Å². The lowest BCUT2D eigenvalue weighted by Crippen LogP contribution is -2.39. The first kappa shape index (κ1) is 33.7. The van der Waals surface area contributed by atoms with Crippen LogP contribution in [0.3, 0.4) is 0 Å². The summed E-state index contributed by atoms with van der Waals surface area (Å²) in [4.78, 5) is 11.5. The number of carboxylic acids is 1. The smallest absolute Gasteiger partial charge is 0.303 e. The van der Waals surface area contributed by atoms with Gasteiger partial charge in [-0.05, 0) is 91.1 Å². The molecule has 0 spiro atoms. The van der Waals surface area contributed by atoms with Crippen LogP contribution in [0.5, 0.6) is 17.2 Å². The molecule has 0 aliphatic carbocycles. The lowest BCUT2D eigenvalue weighted by molar-refractivity contribution is -0.903. The molecule has 2 N–H and O–H groups in total. The molecule has 0 aromatic heterocycles. The van der Waals surface area contributed by atoms with Gasteiger partial charge in [0.15, 0.2) is 0 Å². The van der Waals surface area contributed by atoms with Gasteiger partial charge in [-0.15, -0.1) is 0 Å². The molecule has 0 saturated heterocycles. The van der Waals surface area contributed by atoms with Crippen molar-refractivity contribution in [1.29, 1.82) is 0 Å². The van der Waals surface area contributed by atoms with Gasteiger partial charge in [0.2, 0.25) is 9.84 Å². The van der Waals surface area contributed by atoms with Crippen LogP contribution in [0.1, 0.15) is 60.1 Å². The molecule has 0 aliphatic heterocycles. The molecular formula is C37H44NO6S+. The monoisotopic (exact) mass is 630 g/mol. The van der Waals surface area contributed by atoms with Crippen LogP contribution in [0.2, 0.25) is 0 Å². The van der Waals surface area contributed by atoms with Crippen molar-refractivity contribution in [2.45, 2.75) is 69.2 Å². The number of nitrogens with zero attached hydrogens (tertiary/aromatic N) is 1. The molecule has 4 rings (SSSR count). The minimum absolute atomic E-state index is 0.125. The Balaban J connectivity index is 1.58. The van der Waals surface area contributed by atoms with Gasteiger partial charge in [0.25, 0.3) is 0 Å². The Bertz CT molecular complexity index is 1770. The summed E-state index contributed by atoms with van der Waals surface area (Å²) in [5, 5.41) is 20.0. The summed E-state index contributed by atoms with van der Waals surface area (Å²) in [7, 11) is 0.489. The van der Waals surface area contributed by atoms with Gasteiger partial charge in [-0.25, -0.2) is 8.42 Å². The van der Waals surface area contributed by atoms with Gasteiger partial charge in [0, 0.05) is 17.4 Å². The van der Waals surface area contributed by atoms with E-state index in [9.17, 15) is 18.3 Å². The van der Waals surface area contributed by atoms with Crippen LogP contribution in [-0.2, 0) is 26.6 Å². The SMILES string of the molecule is Cc1cc(C(C)(C)c2cc(C)c(Oc3ccc(S(=O)(=O)c4ccccc4)cc3)c(C)c2)cc(C[N+](C)(C)CCCC(=O)O)c1O. The van der Waals surface area contributed by atoms with Gasteiger partial charge in [-0.3, -0.25) is 4.79 Å². The predicted molar refractivity (Wildman–Crippen MR) is 177 cm³/mol. The second-order valence-electron chi connectivity index (χ2n) is 13.1. The van der Waals surface area contributed by atoms with E-state index in [2.05, 4.69) is 46.1 Å². The highest BCUT2D eigenvalue weighted by atomic mass is 32.2. The average Bonchev–Trinajstić information content (AvgIpc) is 2.97. The number of quaternary nitrogens is 1. The third-order valence-electron chi connectivity index (χ3n) is 8.44. The summed E-state index contributed by atoms with van der Waals surface area (Å²) < 4.78 is 32.8. The first-order valence-corrected chi connectivity index (χ1v) is 16.6. The van der Waals surface area contributed by atoms with E-state index >= 15 is 0 Å². The fourth-order valence-corrected chi connectivity index (χ4v) is 6.99. The zero-order chi connectivity index (χ0) is 33.2. The molecule has 0 unspecified atom stereocenters. The molecule has 0 amide bonds. The van der Waals surface area contributed by atoms with Crippen LogP contribution < -0.4 is 4.74 Å². The van der Waals surface area contributed by atoms with Gasteiger partial charge in [0.05, 0.1) is 36.9 Å². The maximum absolute atomic E-state index is 13.0. The van der Waals surface area contributed by atoms with E-state index in [0.29, 0.717) is 29.7 Å². The maximum Gasteiger partial charge on any atom is 0.303 e. The van der Waals surface area contributed by atoms with E-state index in [0.717, 1.165) is 39.1 Å². The molecule has 7 nitrogen and oxygen atoms in total. The Morgan fingerprint density at radius 3 is 1.93 bits per heavy atom. The second kappa shape index (κ2) is 13.1. The predicted octanol–water partition coefficient (Wildman–Crippen LogP) is 7.71. The number of sulfone groups is 1. The largest absolute Gasteiger partial charge is 0.507 e. The number of carbonyl (C=O) groups is 1. The number of rotatable bonds is 12. The molecule has 45 heavy (non-hydrogen) atoms. The lowest BCUT2D eigenvalue weighted by atomic mass is 9.76. The summed E-state index contributed by atoms with van der Waals surface area (Å²) in [5.41, 5.74) is 5.31. The number of hydrogen-bond acceptors (Lipinski definition) is 5. The number of aryl methyl sites for hydroxylation is 3. The van der Waals surface area contributed by atoms with Crippen molar-refractivity contribution in [3.63, 3.8) is 0 Å². The molecule has 0 bridgehead atoms. The zero-order valence-corrected chi connectivity index (χ0v) is 28.0. The van der Waals surface area contributed by atoms with E-state index in [1.165, 1.54) is 0 Å². The molecular weight excluding hydrogens is 586 g/mol. The highest BCUT2D eigenvalue weighted by Crippen LogP contribution is 2.40. The normalized spacial score (nSPS) is 12.2. The zero-order valence-electron chi connectivity index (χ0n) is 27.2. The summed E-state index contributed by atoms with van der Waals surface area (Å²) in [6.07, 6.45) is 0.691. The highest BCUT2D eigenvalue weighted by molar-refractivity contribution is 7.91. The standard InChI is InChI=1S/C37H43NO6S/c1-25-20-30(23-28(35(25)41)24-38(6,7)19-11-14-34(39)40)37(4,5)29-21-26(2)36(27(3)22-29)44-31-15-17-33(18-16-31)45(42,43)32-12-9-8-10-13-32/h8-10,12-13,15-18,20-23H,11,14,19,24H2,1-7H3,(H-,39,40,41)/p+1. The third kappa shape index (κ3) is 7.75. The van der Waals surface area contributed by atoms with Gasteiger partial charge in [0.1, 0.15) is 23.8 Å². The van der Waals surface area contributed by atoms with Crippen molar-refractivity contribution >= 4 is 15.8 Å². The highest BCUT2D eigenvalue weighted by Gasteiger charge is 2.28. The van der Waals surface area contributed by atoms with Crippen molar-refractivity contribution in [2.75, 3.05) is 20.6 Å². The number of aromatic hydroxyl groups is 1. The summed E-state index contributed by atoms with van der Waals surface area (Å²) in [5.74, 6) is 0.739. The molecule has 0 aliphatic rings. The van der Waals surface area contributed by atoms with E-state index in [-0.39, 0.29) is 22.0 Å². The van der Waals surface area contributed by atoms with Crippen LogP contribution in [0.15, 0.2) is 88.7 Å². The van der Waals surface area contributed by atoms with Gasteiger partial charge in [-0.1, -0.05) is 50.2 Å². The van der Waals surface area contributed by atoms with Crippen LogP contribution in [0.25, 0.3) is 0 Å².